The van der Waals surface area contributed by atoms with Crippen LogP contribution in [0.3, 0.4) is 0 Å². The molecule has 0 aromatic rings. The van der Waals surface area contributed by atoms with E-state index in [2.05, 4.69) is 21.2 Å². The highest BCUT2D eigenvalue weighted by Crippen LogP contribution is 1.89. The van der Waals surface area contributed by atoms with E-state index in [-0.39, 0.29) is 23.7 Å². The summed E-state index contributed by atoms with van der Waals surface area (Å²) in [7, 11) is 3.21. The summed E-state index contributed by atoms with van der Waals surface area (Å²) in [6.07, 6.45) is 0.776. The molecule has 0 saturated heterocycles. The second-order valence-corrected chi connectivity index (χ2v) is 3.64. The third kappa shape index (κ3) is 7.33. The lowest BCUT2D eigenvalue weighted by Crippen LogP contribution is -2.39. The highest BCUT2D eigenvalue weighted by Gasteiger charge is 2.10. The molecule has 0 rings (SSSR count). The second kappa shape index (κ2) is 8.67. The van der Waals surface area contributed by atoms with Gasteiger partial charge in [-0.05, 0) is 6.42 Å². The lowest BCUT2D eigenvalue weighted by molar-refractivity contribution is -0.132. The Bertz CT molecular complexity index is 212. The van der Waals surface area contributed by atoms with Crippen molar-refractivity contribution in [3.63, 3.8) is 0 Å². The first-order valence-electron chi connectivity index (χ1n) is 4.67. The van der Waals surface area contributed by atoms with Crippen molar-refractivity contribution in [2.45, 2.75) is 6.42 Å². The van der Waals surface area contributed by atoms with Crippen molar-refractivity contribution in [1.29, 1.82) is 0 Å². The molecule has 88 valence electrons. The average Bonchev–Trinajstić information content (AvgIpc) is 2.23. The summed E-state index contributed by atoms with van der Waals surface area (Å²) in [5, 5.41) is 2.94. The van der Waals surface area contributed by atoms with Gasteiger partial charge < -0.3 is 15.0 Å². The molecule has 2 amide bonds. The summed E-state index contributed by atoms with van der Waals surface area (Å²) in [4.78, 5) is 23.8. The van der Waals surface area contributed by atoms with Crippen molar-refractivity contribution < 1.29 is 14.3 Å². The summed E-state index contributed by atoms with van der Waals surface area (Å²) in [6, 6.07) is 0. The maximum atomic E-state index is 11.3. The summed E-state index contributed by atoms with van der Waals surface area (Å²) >= 11 is 3.04. The molecule has 0 aromatic heterocycles. The highest BCUT2D eigenvalue weighted by atomic mass is 79.9. The Balaban J connectivity index is 3.60. The smallest absolute Gasteiger partial charge is 0.239 e. The van der Waals surface area contributed by atoms with Crippen LogP contribution in [0.5, 0.6) is 0 Å². The standard InChI is InChI=1S/C9H17BrN2O3/c1-12(9(14)6-10)7-8(13)11-4-3-5-15-2/h3-7H2,1-2H3,(H,11,13). The fourth-order valence-corrected chi connectivity index (χ4v) is 1.33. The molecule has 0 bridgehead atoms. The van der Waals surface area contributed by atoms with E-state index in [1.54, 1.807) is 14.2 Å². The molecule has 0 fully saturated rings. The van der Waals surface area contributed by atoms with Crippen LogP contribution < -0.4 is 5.32 Å². The van der Waals surface area contributed by atoms with Crippen molar-refractivity contribution in [3.8, 4) is 0 Å². The topological polar surface area (TPSA) is 58.6 Å². The molecule has 0 spiro atoms. The maximum Gasteiger partial charge on any atom is 0.239 e. The number of hydrogen-bond donors (Lipinski definition) is 1. The Hall–Kier alpha value is -0.620. The van der Waals surface area contributed by atoms with E-state index in [1.807, 2.05) is 0 Å². The predicted octanol–water partition coefficient (Wildman–Crippen LogP) is -0.00760. The minimum absolute atomic E-state index is 0.0947. The van der Waals surface area contributed by atoms with E-state index in [4.69, 9.17) is 4.74 Å². The zero-order chi connectivity index (χ0) is 11.7. The Kier molecular flexibility index (Phi) is 8.31. The van der Waals surface area contributed by atoms with Crippen LogP contribution in [-0.4, -0.2) is 55.9 Å². The fourth-order valence-electron chi connectivity index (χ4n) is 0.906. The minimum atomic E-state index is -0.150. The number of rotatable bonds is 7. The van der Waals surface area contributed by atoms with Gasteiger partial charge in [-0.25, -0.2) is 0 Å². The lowest BCUT2D eigenvalue weighted by Gasteiger charge is -2.15. The number of halogens is 1. The summed E-state index contributed by atoms with van der Waals surface area (Å²) < 4.78 is 4.84. The van der Waals surface area contributed by atoms with Gasteiger partial charge in [-0.3, -0.25) is 9.59 Å². The van der Waals surface area contributed by atoms with Gasteiger partial charge in [0.1, 0.15) is 0 Å². The molecule has 15 heavy (non-hydrogen) atoms. The van der Waals surface area contributed by atoms with Crippen LogP contribution in [0.4, 0.5) is 0 Å². The van der Waals surface area contributed by atoms with Crippen molar-refractivity contribution in [1.82, 2.24) is 10.2 Å². The molecule has 5 nitrogen and oxygen atoms in total. The van der Waals surface area contributed by atoms with Crippen LogP contribution in [0.25, 0.3) is 0 Å². The van der Waals surface area contributed by atoms with Gasteiger partial charge in [-0.2, -0.15) is 0 Å². The zero-order valence-electron chi connectivity index (χ0n) is 9.09. The monoisotopic (exact) mass is 280 g/mol. The molecule has 0 aromatic carbocycles. The Morgan fingerprint density at radius 1 is 1.47 bits per heavy atom. The van der Waals surface area contributed by atoms with Gasteiger partial charge in [0.2, 0.25) is 11.8 Å². The molecule has 1 N–H and O–H groups in total. The molecule has 6 heteroatoms. The Morgan fingerprint density at radius 3 is 2.67 bits per heavy atom. The number of alkyl halides is 1. The Labute approximate surface area is 98.3 Å². The molecule has 0 unspecified atom stereocenters. The number of hydrogen-bond acceptors (Lipinski definition) is 3. The first kappa shape index (κ1) is 14.4. The van der Waals surface area contributed by atoms with Gasteiger partial charge in [0.05, 0.1) is 11.9 Å². The van der Waals surface area contributed by atoms with Gasteiger partial charge in [0, 0.05) is 27.3 Å². The van der Waals surface area contributed by atoms with Gasteiger partial charge >= 0.3 is 0 Å². The number of nitrogens with zero attached hydrogens (tertiary/aromatic N) is 1. The number of likely N-dealkylation sites (N-methyl/N-ethyl adjacent to an activating group) is 1. The van der Waals surface area contributed by atoms with Gasteiger partial charge in [-0.15, -0.1) is 0 Å². The number of amides is 2. The second-order valence-electron chi connectivity index (χ2n) is 3.08. The molecule has 0 heterocycles. The first-order chi connectivity index (χ1) is 7.11. The van der Waals surface area contributed by atoms with E-state index in [0.717, 1.165) is 6.42 Å². The van der Waals surface area contributed by atoms with E-state index in [0.29, 0.717) is 13.2 Å². The number of nitrogens with one attached hydrogen (secondary N) is 1. The third-order valence-corrected chi connectivity index (χ3v) is 2.25. The van der Waals surface area contributed by atoms with E-state index >= 15 is 0 Å². The van der Waals surface area contributed by atoms with Crippen LogP contribution in [0, 0.1) is 0 Å². The summed E-state index contributed by atoms with van der Waals surface area (Å²) in [5.74, 6) is -0.259. The quantitative estimate of drug-likeness (QED) is 0.527. The highest BCUT2D eigenvalue weighted by molar-refractivity contribution is 9.09. The van der Waals surface area contributed by atoms with Crippen molar-refractivity contribution in [3.05, 3.63) is 0 Å². The Morgan fingerprint density at radius 2 is 2.13 bits per heavy atom. The molecular formula is C9H17BrN2O3. The van der Waals surface area contributed by atoms with Crippen LogP contribution in [-0.2, 0) is 14.3 Å². The maximum absolute atomic E-state index is 11.3. The normalized spacial score (nSPS) is 9.80. The van der Waals surface area contributed by atoms with Gasteiger partial charge in [-0.1, -0.05) is 15.9 Å². The van der Waals surface area contributed by atoms with Crippen LogP contribution in [0.2, 0.25) is 0 Å². The zero-order valence-corrected chi connectivity index (χ0v) is 10.7. The molecule has 0 aliphatic rings. The van der Waals surface area contributed by atoms with Crippen LogP contribution >= 0.6 is 15.9 Å². The third-order valence-electron chi connectivity index (χ3n) is 1.77. The fraction of sp³-hybridized carbons (Fsp3) is 0.778. The first-order valence-corrected chi connectivity index (χ1v) is 5.79. The molecule has 0 aliphatic carbocycles. The van der Waals surface area contributed by atoms with Crippen LogP contribution in [0.1, 0.15) is 6.42 Å². The number of carbonyl (C=O) groups is 2. The van der Waals surface area contributed by atoms with E-state index in [9.17, 15) is 9.59 Å². The molecular weight excluding hydrogens is 264 g/mol. The average molecular weight is 281 g/mol. The largest absolute Gasteiger partial charge is 0.385 e. The predicted molar refractivity (Wildman–Crippen MR) is 60.9 cm³/mol. The lowest BCUT2D eigenvalue weighted by atomic mass is 10.4. The SMILES string of the molecule is COCCCNC(=O)CN(C)C(=O)CBr. The van der Waals surface area contributed by atoms with Crippen molar-refractivity contribution >= 4 is 27.7 Å². The van der Waals surface area contributed by atoms with Crippen molar-refractivity contribution in [2.75, 3.05) is 39.2 Å². The molecule has 0 saturated carbocycles. The molecule has 0 aliphatic heterocycles. The molecule has 0 radical (unpaired) electrons. The minimum Gasteiger partial charge on any atom is -0.385 e. The van der Waals surface area contributed by atoms with Crippen molar-refractivity contribution in [2.24, 2.45) is 0 Å². The van der Waals surface area contributed by atoms with Crippen LogP contribution in [0.15, 0.2) is 0 Å². The molecule has 0 atom stereocenters. The van der Waals surface area contributed by atoms with Gasteiger partial charge in [0.15, 0.2) is 0 Å². The number of methoxy groups -OCH3 is 1. The number of carbonyl (C=O) groups excluding carboxylic acids is 2. The van der Waals surface area contributed by atoms with Gasteiger partial charge in [0.25, 0.3) is 0 Å². The summed E-state index contributed by atoms with van der Waals surface area (Å²) in [6.45, 7) is 1.29. The summed E-state index contributed by atoms with van der Waals surface area (Å²) in [5.41, 5.74) is 0. The van der Waals surface area contributed by atoms with E-state index < -0.39 is 0 Å². The van der Waals surface area contributed by atoms with E-state index in [1.165, 1.54) is 4.90 Å². The number of ether oxygens (including phenoxy) is 1.